The number of carbonyl (C=O) groups is 2. The summed E-state index contributed by atoms with van der Waals surface area (Å²) >= 11 is 6.27. The summed E-state index contributed by atoms with van der Waals surface area (Å²) in [7, 11) is 5.91. The minimum absolute atomic E-state index is 0.112. The summed E-state index contributed by atoms with van der Waals surface area (Å²) in [5.74, 6) is -0.176. The molecule has 1 aliphatic heterocycles. The number of likely N-dealkylation sites (N-methyl/N-ethyl adjacent to an activating group) is 1. The normalized spacial score (nSPS) is 21.3. The van der Waals surface area contributed by atoms with E-state index in [1.165, 1.54) is 31.2 Å². The maximum absolute atomic E-state index is 14.1. The van der Waals surface area contributed by atoms with E-state index in [2.05, 4.69) is 9.88 Å². The maximum atomic E-state index is 14.1. The number of benzene rings is 1. The van der Waals surface area contributed by atoms with Crippen LogP contribution >= 0.6 is 11.6 Å². The highest BCUT2D eigenvalue weighted by atomic mass is 35.5. The highest BCUT2D eigenvalue weighted by molar-refractivity contribution is 6.32. The number of pyridine rings is 1. The van der Waals surface area contributed by atoms with Crippen LogP contribution in [0.4, 0.5) is 19.0 Å². The minimum atomic E-state index is -5.21. The van der Waals surface area contributed by atoms with Crippen molar-refractivity contribution in [3.8, 4) is 5.75 Å². The van der Waals surface area contributed by atoms with Gasteiger partial charge in [0, 0.05) is 45.8 Å². The van der Waals surface area contributed by atoms with Crippen LogP contribution in [-0.4, -0.2) is 85.3 Å². The molecule has 40 heavy (non-hydrogen) atoms. The number of alkyl halides is 3. The molecule has 1 aromatic heterocycles. The third-order valence-corrected chi connectivity index (χ3v) is 8.51. The molecule has 2 aliphatic rings. The van der Waals surface area contributed by atoms with Crippen LogP contribution in [0.25, 0.3) is 0 Å². The van der Waals surface area contributed by atoms with Gasteiger partial charge in [-0.05, 0) is 61.8 Å². The number of ether oxygens (including phenoxy) is 1. The Labute approximate surface area is 236 Å². The molecule has 0 radical (unpaired) electrons. The van der Waals surface area contributed by atoms with Gasteiger partial charge in [-0.25, -0.2) is 4.98 Å². The largest absolute Gasteiger partial charge is 0.497 e. The van der Waals surface area contributed by atoms with Crippen LogP contribution in [0, 0.1) is 11.8 Å². The summed E-state index contributed by atoms with van der Waals surface area (Å²) < 4.78 is 47.3. The maximum Gasteiger partial charge on any atom is 0.430 e. The highest BCUT2D eigenvalue weighted by Gasteiger charge is 2.62. The van der Waals surface area contributed by atoms with E-state index in [-0.39, 0.29) is 22.7 Å². The van der Waals surface area contributed by atoms with Gasteiger partial charge in [0.1, 0.15) is 16.7 Å². The van der Waals surface area contributed by atoms with Gasteiger partial charge in [0.25, 0.3) is 17.4 Å². The summed E-state index contributed by atoms with van der Waals surface area (Å²) in [6.45, 7) is 1.46. The number of methoxy groups -OCH3 is 1. The van der Waals surface area contributed by atoms with Crippen molar-refractivity contribution in [2.24, 2.45) is 11.8 Å². The number of amides is 2. The monoisotopic (exact) mass is 582 g/mol. The fourth-order valence-electron chi connectivity index (χ4n) is 5.61. The number of piperidine rings is 1. The lowest BCUT2D eigenvalue weighted by molar-refractivity contribution is -0.263. The highest BCUT2D eigenvalue weighted by Crippen LogP contribution is 2.45. The Balaban J connectivity index is 1.35. The molecule has 1 aromatic carbocycles. The molecule has 8 nitrogen and oxygen atoms in total. The van der Waals surface area contributed by atoms with Gasteiger partial charge in [-0.3, -0.25) is 9.59 Å². The third kappa shape index (κ3) is 5.58. The van der Waals surface area contributed by atoms with Crippen LogP contribution in [0.2, 0.25) is 5.15 Å². The van der Waals surface area contributed by atoms with Crippen molar-refractivity contribution in [1.82, 2.24) is 14.8 Å². The molecule has 1 N–H and O–H groups in total. The number of hydrogen-bond acceptors (Lipinski definition) is 6. The smallest absolute Gasteiger partial charge is 0.430 e. The Morgan fingerprint density at radius 1 is 1.07 bits per heavy atom. The van der Waals surface area contributed by atoms with Gasteiger partial charge in [-0.1, -0.05) is 23.7 Å². The Hall–Kier alpha value is -3.05. The molecule has 4 rings (SSSR count). The number of carbonyl (C=O) groups excluding carboxylic acids is 2. The van der Waals surface area contributed by atoms with Crippen LogP contribution in [0.5, 0.6) is 5.75 Å². The van der Waals surface area contributed by atoms with Gasteiger partial charge in [-0.2, -0.15) is 13.2 Å². The van der Waals surface area contributed by atoms with Crippen molar-refractivity contribution >= 4 is 29.2 Å². The first kappa shape index (κ1) is 29.9. The summed E-state index contributed by atoms with van der Waals surface area (Å²) in [6, 6.07) is 7.94. The van der Waals surface area contributed by atoms with E-state index in [0.717, 1.165) is 43.0 Å². The first-order valence-electron chi connectivity index (χ1n) is 13.1. The van der Waals surface area contributed by atoms with Crippen molar-refractivity contribution in [1.29, 1.82) is 0 Å². The lowest BCUT2D eigenvalue weighted by atomic mass is 9.68. The van der Waals surface area contributed by atoms with Gasteiger partial charge >= 0.3 is 6.18 Å². The summed E-state index contributed by atoms with van der Waals surface area (Å²) in [4.78, 5) is 34.3. The van der Waals surface area contributed by atoms with Crippen LogP contribution < -0.4 is 9.64 Å². The predicted octanol–water partition coefficient (Wildman–Crippen LogP) is 4.35. The molecular weight excluding hydrogens is 549 g/mol. The summed E-state index contributed by atoms with van der Waals surface area (Å²) in [6.07, 6.45) is -2.34. The van der Waals surface area contributed by atoms with E-state index >= 15 is 0 Å². The average Bonchev–Trinajstić information content (AvgIpc) is 2.90. The summed E-state index contributed by atoms with van der Waals surface area (Å²) in [5, 5.41) is 10.9. The molecule has 1 saturated carbocycles. The van der Waals surface area contributed by atoms with Crippen LogP contribution in [0.15, 0.2) is 36.4 Å². The van der Waals surface area contributed by atoms with E-state index < -0.39 is 29.3 Å². The van der Waals surface area contributed by atoms with Gasteiger partial charge < -0.3 is 24.5 Å². The lowest BCUT2D eigenvalue weighted by Crippen LogP contribution is -2.59. The van der Waals surface area contributed by atoms with Crippen molar-refractivity contribution in [2.45, 2.75) is 43.5 Å². The van der Waals surface area contributed by atoms with Gasteiger partial charge in [-0.15, -0.1) is 0 Å². The molecule has 0 bridgehead atoms. The Kier molecular flexibility index (Phi) is 8.56. The van der Waals surface area contributed by atoms with Gasteiger partial charge in [0.15, 0.2) is 0 Å². The van der Waals surface area contributed by atoms with Crippen molar-refractivity contribution in [3.05, 3.63) is 52.7 Å². The zero-order chi connectivity index (χ0) is 29.4. The standard InChI is InChI=1S/C28H34ClF3N4O4/c1-34(2)25(37)22-8-9-23(33-24(22)29)36-12-10-17(11-13-36)18-14-20(15-18)35(3)26(38)27(39,28(30,31)32)19-6-5-7-21(16-19)40-4/h5-9,16-18,20,39H,10-15H2,1-4H3/t18?,20?,27-/m1/s1. The fourth-order valence-corrected chi connectivity index (χ4v) is 5.84. The number of nitrogens with zero attached hydrogens (tertiary/aromatic N) is 4. The molecule has 2 aromatic rings. The van der Waals surface area contributed by atoms with Gasteiger partial charge in [0.2, 0.25) is 0 Å². The number of rotatable bonds is 7. The zero-order valence-corrected chi connectivity index (χ0v) is 23.7. The molecule has 1 aliphatic carbocycles. The van der Waals surface area contributed by atoms with Crippen molar-refractivity contribution in [3.63, 3.8) is 0 Å². The molecule has 12 heteroatoms. The van der Waals surface area contributed by atoms with E-state index in [4.69, 9.17) is 16.3 Å². The summed E-state index contributed by atoms with van der Waals surface area (Å²) in [5.41, 5.74) is -3.91. The molecule has 1 saturated heterocycles. The third-order valence-electron chi connectivity index (χ3n) is 8.23. The SMILES string of the molecule is COc1cccc([C@@](O)(C(=O)N(C)C2CC(C3CCN(c4ccc(C(=O)N(C)C)c(Cl)n4)CC3)C2)C(F)(F)F)c1. The van der Waals surface area contributed by atoms with Crippen molar-refractivity contribution < 1.29 is 32.6 Å². The average molecular weight is 583 g/mol. The molecule has 218 valence electrons. The quantitative estimate of drug-likeness (QED) is 0.489. The molecule has 2 amide bonds. The predicted molar refractivity (Wildman–Crippen MR) is 144 cm³/mol. The second kappa shape index (κ2) is 11.4. The number of aromatic nitrogens is 1. The van der Waals surface area contributed by atoms with Crippen molar-refractivity contribution in [2.75, 3.05) is 46.2 Å². The zero-order valence-electron chi connectivity index (χ0n) is 22.9. The first-order chi connectivity index (χ1) is 18.8. The minimum Gasteiger partial charge on any atom is -0.497 e. The van der Waals surface area contributed by atoms with Gasteiger partial charge in [0.05, 0.1) is 12.7 Å². The molecule has 0 spiro atoms. The van der Waals surface area contributed by atoms with E-state index in [1.807, 2.05) is 0 Å². The molecule has 2 heterocycles. The molecular formula is C28H34ClF3N4O4. The second-order valence-corrected chi connectivity index (χ2v) is 11.1. The molecule has 2 fully saturated rings. The number of anilines is 1. The van der Waals surface area contributed by atoms with E-state index in [9.17, 15) is 27.9 Å². The Morgan fingerprint density at radius 2 is 1.73 bits per heavy atom. The number of halogens is 4. The van der Waals surface area contributed by atoms with Crippen LogP contribution in [-0.2, 0) is 10.4 Å². The van der Waals surface area contributed by atoms with Crippen LogP contribution in [0.3, 0.4) is 0 Å². The number of aliphatic hydroxyl groups is 1. The van der Waals surface area contributed by atoms with E-state index in [1.54, 1.807) is 26.2 Å². The molecule has 0 unspecified atom stereocenters. The molecule has 1 atom stereocenters. The van der Waals surface area contributed by atoms with E-state index in [0.29, 0.717) is 30.1 Å². The first-order valence-corrected chi connectivity index (χ1v) is 13.5. The van der Waals surface area contributed by atoms with Crippen LogP contribution in [0.1, 0.15) is 41.6 Å². The Morgan fingerprint density at radius 3 is 2.27 bits per heavy atom. The lowest BCUT2D eigenvalue weighted by Gasteiger charge is -2.48. The number of hydrogen-bond donors (Lipinski definition) is 1. The fraction of sp³-hybridized carbons (Fsp3) is 0.536. The topological polar surface area (TPSA) is 86.2 Å². The second-order valence-electron chi connectivity index (χ2n) is 10.8. The Bertz CT molecular complexity index is 1250.